The molecule has 11 rings (SSSR count). The highest BCUT2D eigenvalue weighted by atomic mass is 16.3. The summed E-state index contributed by atoms with van der Waals surface area (Å²) < 4.78 is 6.45. The van der Waals surface area contributed by atoms with Crippen molar-refractivity contribution in [1.82, 2.24) is 0 Å². The maximum absolute atomic E-state index is 6.45. The van der Waals surface area contributed by atoms with Crippen LogP contribution in [0.15, 0.2) is 184 Å². The summed E-state index contributed by atoms with van der Waals surface area (Å²) in [6, 6.07) is 61.3. The summed E-state index contributed by atoms with van der Waals surface area (Å²) in [7, 11) is 0. The average Bonchev–Trinajstić information content (AvgIpc) is 3.75. The van der Waals surface area contributed by atoms with Crippen LogP contribution in [0, 0.1) is 0 Å². The fraction of sp³-hybridized carbons (Fsp3) is 0.0741. The highest BCUT2D eigenvalue weighted by Gasteiger charge is 2.36. The van der Waals surface area contributed by atoms with Crippen LogP contribution < -0.4 is 0 Å². The minimum absolute atomic E-state index is 0.0524. The van der Waals surface area contributed by atoms with Crippen molar-refractivity contribution in [3.8, 4) is 33.4 Å². The van der Waals surface area contributed by atoms with Gasteiger partial charge in [0, 0.05) is 21.8 Å². The van der Waals surface area contributed by atoms with Gasteiger partial charge in [0.1, 0.15) is 11.2 Å². The van der Waals surface area contributed by atoms with Gasteiger partial charge in [-0.1, -0.05) is 147 Å². The molecule has 0 radical (unpaired) electrons. The molecule has 0 unspecified atom stereocenters. The van der Waals surface area contributed by atoms with Crippen molar-refractivity contribution in [1.29, 1.82) is 0 Å². The summed E-state index contributed by atoms with van der Waals surface area (Å²) in [5.74, 6) is 0.605. The second kappa shape index (κ2) is 12.7. The van der Waals surface area contributed by atoms with E-state index in [0.717, 1.165) is 38.6 Å². The lowest BCUT2D eigenvalue weighted by atomic mass is 9.82. The van der Waals surface area contributed by atoms with Crippen molar-refractivity contribution >= 4 is 66.8 Å². The van der Waals surface area contributed by atoms with Gasteiger partial charge in [-0.25, -0.2) is 4.99 Å². The Morgan fingerprint density at radius 2 is 1.07 bits per heavy atom. The molecule has 1 aliphatic rings. The summed E-state index contributed by atoms with van der Waals surface area (Å²) in [4.78, 5) is 9.41. The van der Waals surface area contributed by atoms with Crippen LogP contribution in [-0.4, -0.2) is 12.6 Å². The zero-order chi connectivity index (χ0) is 38.3. The molecule has 0 spiro atoms. The first-order chi connectivity index (χ1) is 28.0. The minimum atomic E-state index is -0.0524. The third-order valence-corrected chi connectivity index (χ3v) is 12.2. The third-order valence-electron chi connectivity index (χ3n) is 12.2. The van der Waals surface area contributed by atoms with Crippen LogP contribution in [0.1, 0.15) is 36.1 Å². The summed E-state index contributed by atoms with van der Waals surface area (Å²) in [5.41, 5.74) is 13.6. The van der Waals surface area contributed by atoms with Crippen LogP contribution >= 0.6 is 0 Å². The Labute approximate surface area is 331 Å². The molecule has 1 aromatic heterocycles. The van der Waals surface area contributed by atoms with Gasteiger partial charge in [-0.15, -0.1) is 0 Å². The van der Waals surface area contributed by atoms with Crippen molar-refractivity contribution in [3.63, 3.8) is 0 Å². The Kier molecular flexibility index (Phi) is 7.42. The highest BCUT2D eigenvalue weighted by Crippen LogP contribution is 2.50. The Morgan fingerprint density at radius 3 is 1.81 bits per heavy atom. The highest BCUT2D eigenvalue weighted by molar-refractivity contribution is 6.25. The zero-order valence-electron chi connectivity index (χ0n) is 31.9. The van der Waals surface area contributed by atoms with E-state index in [4.69, 9.17) is 9.41 Å². The van der Waals surface area contributed by atoms with E-state index in [9.17, 15) is 0 Å². The molecule has 3 heteroatoms. The molecule has 57 heavy (non-hydrogen) atoms. The van der Waals surface area contributed by atoms with Crippen LogP contribution in [0.4, 0.5) is 0 Å². The van der Waals surface area contributed by atoms with Crippen molar-refractivity contribution in [3.05, 3.63) is 192 Å². The van der Waals surface area contributed by atoms with Gasteiger partial charge in [-0.2, -0.15) is 0 Å². The maximum Gasteiger partial charge on any atom is 0.154 e. The second-order valence-corrected chi connectivity index (χ2v) is 15.8. The molecule has 3 nitrogen and oxygen atoms in total. The van der Waals surface area contributed by atoms with Crippen LogP contribution in [0.3, 0.4) is 0 Å². The zero-order valence-corrected chi connectivity index (χ0v) is 31.9. The fourth-order valence-corrected chi connectivity index (χ4v) is 9.42. The lowest BCUT2D eigenvalue weighted by Gasteiger charge is -2.21. The van der Waals surface area contributed by atoms with Crippen LogP contribution in [-0.2, 0) is 12.0 Å². The largest absolute Gasteiger partial charge is 0.456 e. The summed E-state index contributed by atoms with van der Waals surface area (Å²) >= 11 is 0. The third kappa shape index (κ3) is 5.19. The molecule has 0 bridgehead atoms. The molecule has 0 saturated carbocycles. The standard InChI is InChI=1S/C54H38N2O/c1-54(2)48-20-9-8-19-45(48)52-38(14-11-21-49(52)54)32-56-53(55-3)37-23-26-44-47-30-36(24-27-50(47)57-51(44)31-37)34-13-10-12-33(28-34)35-22-25-43-41-17-5-4-15-39(41)40-16-6-7-18-42(40)46(43)29-35/h4-31H,3,32H2,1-2H3. The monoisotopic (exact) mass is 730 g/mol. The van der Waals surface area contributed by atoms with Gasteiger partial charge in [0.2, 0.25) is 0 Å². The number of aliphatic imine (C=N–C) groups is 2. The Hall–Kier alpha value is -7.10. The van der Waals surface area contributed by atoms with E-state index in [1.165, 1.54) is 71.3 Å². The number of nitrogens with zero attached hydrogens (tertiary/aromatic N) is 2. The number of rotatable bonds is 5. The molecule has 10 aromatic rings. The first-order valence-electron chi connectivity index (χ1n) is 19.6. The topological polar surface area (TPSA) is 37.9 Å². The lowest BCUT2D eigenvalue weighted by Crippen LogP contribution is -2.14. The SMILES string of the molecule is C=NC(=NCc1cccc2c1-c1ccccc1C2(C)C)c1ccc2c(c1)oc1ccc(-c3cccc(-c4ccc5c6ccccc6c6ccccc6c5c4)c3)cc12. The van der Waals surface area contributed by atoms with Gasteiger partial charge in [-0.3, -0.25) is 4.99 Å². The van der Waals surface area contributed by atoms with E-state index in [1.54, 1.807) is 0 Å². The van der Waals surface area contributed by atoms with E-state index in [2.05, 4.69) is 189 Å². The predicted octanol–water partition coefficient (Wildman–Crippen LogP) is 14.3. The van der Waals surface area contributed by atoms with Gasteiger partial charge < -0.3 is 4.42 Å². The minimum Gasteiger partial charge on any atom is -0.456 e. The first-order valence-corrected chi connectivity index (χ1v) is 19.6. The number of hydrogen-bond donors (Lipinski definition) is 0. The van der Waals surface area contributed by atoms with E-state index in [1.807, 2.05) is 6.07 Å². The van der Waals surface area contributed by atoms with Crippen LogP contribution in [0.5, 0.6) is 0 Å². The van der Waals surface area contributed by atoms with Crippen molar-refractivity contribution in [2.45, 2.75) is 25.8 Å². The predicted molar refractivity (Wildman–Crippen MR) is 241 cm³/mol. The van der Waals surface area contributed by atoms with E-state index < -0.39 is 0 Å². The van der Waals surface area contributed by atoms with Crippen molar-refractivity contribution < 1.29 is 4.42 Å². The average molecular weight is 731 g/mol. The van der Waals surface area contributed by atoms with Crippen LogP contribution in [0.25, 0.3) is 87.6 Å². The molecule has 0 saturated heterocycles. The van der Waals surface area contributed by atoms with E-state index >= 15 is 0 Å². The van der Waals surface area contributed by atoms with Crippen molar-refractivity contribution in [2.75, 3.05) is 0 Å². The normalized spacial score (nSPS) is 13.5. The number of amidine groups is 1. The fourth-order valence-electron chi connectivity index (χ4n) is 9.42. The Bertz CT molecular complexity index is 3290. The van der Waals surface area contributed by atoms with Crippen molar-refractivity contribution in [2.24, 2.45) is 9.98 Å². The van der Waals surface area contributed by atoms with E-state index in [0.29, 0.717) is 12.4 Å². The molecule has 0 aliphatic heterocycles. The smallest absolute Gasteiger partial charge is 0.154 e. The number of fused-ring (bicyclic) bond motifs is 12. The summed E-state index contributed by atoms with van der Waals surface area (Å²) in [5, 5.41) is 9.84. The molecule has 1 aliphatic carbocycles. The van der Waals surface area contributed by atoms with Gasteiger partial charge in [0.05, 0.1) is 6.54 Å². The Morgan fingerprint density at radius 1 is 0.491 bits per heavy atom. The second-order valence-electron chi connectivity index (χ2n) is 15.8. The van der Waals surface area contributed by atoms with Gasteiger partial charge in [0.25, 0.3) is 0 Å². The summed E-state index contributed by atoms with van der Waals surface area (Å²) in [6.07, 6.45) is 0. The van der Waals surface area contributed by atoms with Crippen LogP contribution in [0.2, 0.25) is 0 Å². The maximum atomic E-state index is 6.45. The molecule has 1 heterocycles. The molecule has 0 atom stereocenters. The summed E-state index contributed by atoms with van der Waals surface area (Å²) in [6.45, 7) is 9.02. The quantitative estimate of drug-likeness (QED) is 0.0987. The molecule has 0 fully saturated rings. The molecule has 0 amide bonds. The number of benzene rings is 9. The molecule has 270 valence electrons. The number of furan rings is 1. The Balaban J connectivity index is 0.927. The van der Waals surface area contributed by atoms with Gasteiger partial charge in [-0.05, 0) is 126 Å². The van der Waals surface area contributed by atoms with Gasteiger partial charge in [0.15, 0.2) is 5.84 Å². The van der Waals surface area contributed by atoms with E-state index in [-0.39, 0.29) is 5.41 Å². The lowest BCUT2D eigenvalue weighted by molar-refractivity contribution is 0.660. The molecular weight excluding hydrogens is 693 g/mol. The van der Waals surface area contributed by atoms with Gasteiger partial charge >= 0.3 is 0 Å². The molecule has 9 aromatic carbocycles. The first kappa shape index (κ1) is 33.3. The molecular formula is C54H38N2O. The number of hydrogen-bond acceptors (Lipinski definition) is 2. The molecule has 0 N–H and O–H groups in total.